The van der Waals surface area contributed by atoms with E-state index < -0.39 is 17.8 Å². The normalized spacial score (nSPS) is 15.2. The molecule has 2 aromatic carbocycles. The van der Waals surface area contributed by atoms with Gasteiger partial charge < -0.3 is 9.52 Å². The first-order valence-corrected chi connectivity index (χ1v) is 10.2. The van der Waals surface area contributed by atoms with Crippen molar-refractivity contribution in [3.8, 4) is 11.3 Å². The average molecular weight is 487 g/mol. The molecule has 160 valence electrons. The van der Waals surface area contributed by atoms with Crippen molar-refractivity contribution in [3.05, 3.63) is 81.5 Å². The van der Waals surface area contributed by atoms with Gasteiger partial charge in [0.1, 0.15) is 17.1 Å². The lowest BCUT2D eigenvalue weighted by Crippen LogP contribution is -2.54. The largest absolute Gasteiger partial charge is 0.478 e. The average Bonchev–Trinajstić information content (AvgIpc) is 3.21. The number of para-hydroxylation sites is 1. The lowest BCUT2D eigenvalue weighted by atomic mass is 10.1. The molecule has 2 heterocycles. The Hall–Kier alpha value is -3.46. The van der Waals surface area contributed by atoms with Crippen LogP contribution in [0.5, 0.6) is 0 Å². The molecule has 2 N–H and O–H groups in total. The third-order valence-corrected chi connectivity index (χ3v) is 5.52. The number of aromatic carboxylic acids is 1. The van der Waals surface area contributed by atoms with Gasteiger partial charge in [0, 0.05) is 5.56 Å². The number of rotatable bonds is 4. The van der Waals surface area contributed by atoms with Crippen molar-refractivity contribution in [2.24, 2.45) is 0 Å². The monoisotopic (exact) mass is 486 g/mol. The molecule has 7 nitrogen and oxygen atoms in total. The third-order valence-electron chi connectivity index (χ3n) is 4.59. The maximum absolute atomic E-state index is 13.1. The minimum atomic E-state index is -1.18. The Kier molecular flexibility index (Phi) is 5.84. The SMILES string of the molecule is O=C1NC(=S)N(c2ccccc2Cl)C(=O)C1=Cc1ccc(-c2ccc(Cl)c(C(=O)O)c2)o1. The molecule has 1 aromatic heterocycles. The van der Waals surface area contributed by atoms with E-state index in [1.807, 2.05) is 0 Å². The van der Waals surface area contributed by atoms with E-state index in [0.717, 1.165) is 4.90 Å². The molecule has 1 aliphatic rings. The molecule has 0 bridgehead atoms. The van der Waals surface area contributed by atoms with Gasteiger partial charge in [-0.15, -0.1) is 0 Å². The van der Waals surface area contributed by atoms with Gasteiger partial charge in [0.15, 0.2) is 5.11 Å². The summed E-state index contributed by atoms with van der Waals surface area (Å²) in [6, 6.07) is 14.1. The molecule has 0 unspecified atom stereocenters. The molecule has 10 heteroatoms. The number of carboxylic acids is 1. The van der Waals surface area contributed by atoms with Crippen molar-refractivity contribution in [2.45, 2.75) is 0 Å². The van der Waals surface area contributed by atoms with Crippen molar-refractivity contribution in [3.63, 3.8) is 0 Å². The van der Waals surface area contributed by atoms with Crippen LogP contribution in [0, 0.1) is 0 Å². The zero-order valence-electron chi connectivity index (χ0n) is 16.0. The summed E-state index contributed by atoms with van der Waals surface area (Å²) in [6.45, 7) is 0. The summed E-state index contributed by atoms with van der Waals surface area (Å²) in [5.41, 5.74) is 0.514. The minimum Gasteiger partial charge on any atom is -0.478 e. The Morgan fingerprint density at radius 2 is 1.81 bits per heavy atom. The Morgan fingerprint density at radius 3 is 2.53 bits per heavy atom. The maximum Gasteiger partial charge on any atom is 0.337 e. The molecule has 1 aliphatic heterocycles. The number of benzene rings is 2. The molecule has 4 rings (SSSR count). The second-order valence-electron chi connectivity index (χ2n) is 6.61. The van der Waals surface area contributed by atoms with Crippen LogP contribution in [-0.4, -0.2) is 28.0 Å². The summed E-state index contributed by atoms with van der Waals surface area (Å²) >= 11 is 17.3. The maximum atomic E-state index is 13.1. The predicted octanol–water partition coefficient (Wildman–Crippen LogP) is 4.78. The number of carbonyl (C=O) groups excluding carboxylic acids is 2. The summed E-state index contributed by atoms with van der Waals surface area (Å²) < 4.78 is 5.71. The molecule has 0 radical (unpaired) electrons. The van der Waals surface area contributed by atoms with Gasteiger partial charge >= 0.3 is 5.97 Å². The van der Waals surface area contributed by atoms with Crippen molar-refractivity contribution in [1.82, 2.24) is 5.32 Å². The van der Waals surface area contributed by atoms with Crippen LogP contribution in [0.4, 0.5) is 5.69 Å². The van der Waals surface area contributed by atoms with E-state index in [4.69, 9.17) is 39.8 Å². The highest BCUT2D eigenvalue weighted by atomic mass is 35.5. The molecule has 32 heavy (non-hydrogen) atoms. The van der Waals surface area contributed by atoms with Crippen LogP contribution >= 0.6 is 35.4 Å². The number of carboxylic acid groups (broad SMARTS) is 1. The molecule has 0 aliphatic carbocycles. The molecular weight excluding hydrogens is 475 g/mol. The molecule has 2 amide bonds. The summed E-state index contributed by atoms with van der Waals surface area (Å²) in [5.74, 6) is -1.98. The van der Waals surface area contributed by atoms with E-state index in [-0.39, 0.29) is 32.1 Å². The van der Waals surface area contributed by atoms with Crippen molar-refractivity contribution in [1.29, 1.82) is 0 Å². The number of furan rings is 1. The zero-order valence-corrected chi connectivity index (χ0v) is 18.3. The van der Waals surface area contributed by atoms with Crippen LogP contribution in [0.15, 0.2) is 64.6 Å². The van der Waals surface area contributed by atoms with E-state index in [9.17, 15) is 19.5 Å². The summed E-state index contributed by atoms with van der Waals surface area (Å²) in [6.07, 6.45) is 1.28. The van der Waals surface area contributed by atoms with Crippen molar-refractivity contribution >= 4 is 70.1 Å². The van der Waals surface area contributed by atoms with Gasteiger partial charge in [0.25, 0.3) is 11.8 Å². The fourth-order valence-electron chi connectivity index (χ4n) is 3.08. The van der Waals surface area contributed by atoms with Gasteiger partial charge in [-0.25, -0.2) is 4.79 Å². The number of nitrogens with one attached hydrogen (secondary N) is 1. The van der Waals surface area contributed by atoms with Gasteiger partial charge in [0.2, 0.25) is 0 Å². The molecule has 0 saturated carbocycles. The molecule has 0 spiro atoms. The quantitative estimate of drug-likeness (QED) is 0.312. The minimum absolute atomic E-state index is 0.0776. The fourth-order valence-corrected chi connectivity index (χ4v) is 3.77. The predicted molar refractivity (Wildman–Crippen MR) is 124 cm³/mol. The first-order chi connectivity index (χ1) is 15.3. The van der Waals surface area contributed by atoms with Gasteiger partial charge in [-0.1, -0.05) is 35.3 Å². The molecule has 1 fully saturated rings. The molecular formula is C22H12Cl2N2O5S. The van der Waals surface area contributed by atoms with Crippen LogP contribution in [-0.2, 0) is 9.59 Å². The summed E-state index contributed by atoms with van der Waals surface area (Å²) in [4.78, 5) is 38.0. The molecule has 3 aromatic rings. The second-order valence-corrected chi connectivity index (χ2v) is 7.81. The van der Waals surface area contributed by atoms with Crippen LogP contribution in [0.3, 0.4) is 0 Å². The van der Waals surface area contributed by atoms with Crippen LogP contribution in [0.1, 0.15) is 16.1 Å². The highest BCUT2D eigenvalue weighted by Gasteiger charge is 2.35. The summed E-state index contributed by atoms with van der Waals surface area (Å²) in [7, 11) is 0. The van der Waals surface area contributed by atoms with E-state index in [1.165, 1.54) is 18.2 Å². The van der Waals surface area contributed by atoms with E-state index in [2.05, 4.69) is 5.32 Å². The number of carbonyl (C=O) groups is 3. The first-order valence-electron chi connectivity index (χ1n) is 9.05. The lowest BCUT2D eigenvalue weighted by molar-refractivity contribution is -0.122. The number of halogens is 2. The standard InChI is InChI=1S/C22H12Cl2N2O5S/c23-15-7-5-11(9-13(15)21(29)30)18-8-6-12(31-18)10-14-19(27)25-22(32)26(20(14)28)17-4-2-1-3-16(17)24/h1-10H,(H,29,30)(H,25,27,32). The van der Waals surface area contributed by atoms with Gasteiger partial charge in [-0.2, -0.15) is 0 Å². The van der Waals surface area contributed by atoms with Gasteiger partial charge in [-0.3, -0.25) is 19.8 Å². The topological polar surface area (TPSA) is 99.9 Å². The van der Waals surface area contributed by atoms with Crippen LogP contribution < -0.4 is 10.2 Å². The Morgan fingerprint density at radius 1 is 1.06 bits per heavy atom. The van der Waals surface area contributed by atoms with Crippen molar-refractivity contribution in [2.75, 3.05) is 4.90 Å². The zero-order chi connectivity index (χ0) is 23.0. The Balaban J connectivity index is 1.69. The van der Waals surface area contributed by atoms with Gasteiger partial charge in [-0.05, 0) is 60.8 Å². The Labute approximate surface area is 196 Å². The molecule has 0 atom stereocenters. The number of amides is 2. The highest BCUT2D eigenvalue weighted by Crippen LogP contribution is 2.30. The van der Waals surface area contributed by atoms with E-state index in [1.54, 1.807) is 42.5 Å². The third kappa shape index (κ3) is 4.03. The van der Waals surface area contributed by atoms with E-state index in [0.29, 0.717) is 17.0 Å². The first kappa shape index (κ1) is 21.8. The fraction of sp³-hybridized carbons (Fsp3) is 0. The van der Waals surface area contributed by atoms with Crippen LogP contribution in [0.25, 0.3) is 17.4 Å². The molecule has 1 saturated heterocycles. The number of thiocarbonyl (C=S) groups is 1. The van der Waals surface area contributed by atoms with Gasteiger partial charge in [0.05, 0.1) is 21.3 Å². The second kappa shape index (κ2) is 8.58. The smallest absolute Gasteiger partial charge is 0.337 e. The number of anilines is 1. The number of hydrogen-bond acceptors (Lipinski definition) is 5. The van der Waals surface area contributed by atoms with Crippen molar-refractivity contribution < 1.29 is 23.9 Å². The van der Waals surface area contributed by atoms with Crippen LogP contribution in [0.2, 0.25) is 10.0 Å². The highest BCUT2D eigenvalue weighted by molar-refractivity contribution is 7.80. The lowest BCUT2D eigenvalue weighted by Gasteiger charge is -2.29. The Bertz CT molecular complexity index is 1330. The number of nitrogens with zero attached hydrogens (tertiary/aromatic N) is 1. The summed E-state index contributed by atoms with van der Waals surface area (Å²) in [5, 5.41) is 12.0. The van der Waals surface area contributed by atoms with E-state index >= 15 is 0 Å². The number of hydrogen-bond donors (Lipinski definition) is 2.